The number of esters is 3. The van der Waals surface area contributed by atoms with Gasteiger partial charge in [-0.2, -0.15) is 0 Å². The van der Waals surface area contributed by atoms with E-state index in [1.54, 1.807) is 4.90 Å². The minimum absolute atomic E-state index is 0.00295. The molecule has 5 heterocycles. The smallest absolute Gasteiger partial charge is 0.412 e. The number of ketones is 3. The van der Waals surface area contributed by atoms with Crippen LogP contribution >= 0.6 is 7.60 Å². The Labute approximate surface area is 654 Å². The lowest BCUT2D eigenvalue weighted by Crippen LogP contribution is -2.50. The Kier molecular flexibility index (Phi) is 39.6. The van der Waals surface area contributed by atoms with Gasteiger partial charge in [-0.15, -0.1) is 5.10 Å². The molecule has 4 bridgehead atoms. The second-order valence-electron chi connectivity index (χ2n) is 28.1. The molecule has 4 unspecified atom stereocenters. The SMILES string of the molecule is O=C(O)CCC(CP(=O)(O)OCCC[C@H](CC(=O)CC[C@@H](NC(=O)CCCCCCC(=O)CCOCCOCCOCCOCCCC(=O)CCC(=O)N1Cc2ccccc2-c2c(nnn2CCCNC(=O)CN2CCN3CCN4CCN(CC2)CC(=O)OC(OC(=O)C3)OC(=O)C4)-c2ccccc21)C(=O)O)C(=O)O)C(=O)O. The molecule has 0 aliphatic carbocycles. The third kappa shape index (κ3) is 34.0. The average molecular weight is 1610 g/mol. The van der Waals surface area contributed by atoms with Gasteiger partial charge in [-0.1, -0.05) is 60.5 Å². The van der Waals surface area contributed by atoms with E-state index < -0.39 is 117 Å². The number of anilines is 1. The van der Waals surface area contributed by atoms with Crippen LogP contribution in [0, 0.1) is 11.8 Å². The fourth-order valence-electron chi connectivity index (χ4n) is 13.1. The minimum Gasteiger partial charge on any atom is -0.481 e. The number of aryl methyl sites for hydroxylation is 1. The van der Waals surface area contributed by atoms with Crippen LogP contribution in [0.3, 0.4) is 0 Å². The molecular weight excluding hydrogens is 1500 g/mol. The first-order valence-corrected chi connectivity index (χ1v) is 40.2. The van der Waals surface area contributed by atoms with E-state index in [9.17, 15) is 87.1 Å². The topological polar surface area (TPSA) is 485 Å². The van der Waals surface area contributed by atoms with Gasteiger partial charge in [0.05, 0.1) is 115 Å². The van der Waals surface area contributed by atoms with Crippen LogP contribution in [0.4, 0.5) is 5.69 Å². The number of carboxylic acid groups (broad SMARTS) is 4. The number of amides is 3. The lowest BCUT2D eigenvalue weighted by atomic mass is 9.94. The Morgan fingerprint density at radius 2 is 1.08 bits per heavy atom. The number of rotatable bonds is 51. The first-order chi connectivity index (χ1) is 54.3. The summed E-state index contributed by atoms with van der Waals surface area (Å²) in [6.07, 6.45) is 0.834. The van der Waals surface area contributed by atoms with E-state index in [4.69, 9.17) is 42.8 Å². The van der Waals surface area contributed by atoms with Crippen molar-refractivity contribution < 1.29 is 130 Å². The Morgan fingerprint density at radius 3 is 1.69 bits per heavy atom. The van der Waals surface area contributed by atoms with E-state index in [1.165, 1.54) is 0 Å². The highest BCUT2D eigenvalue weighted by Gasteiger charge is 2.35. The Balaban J connectivity index is 0.692. The summed E-state index contributed by atoms with van der Waals surface area (Å²) in [7, 11) is -4.49. The van der Waals surface area contributed by atoms with E-state index in [1.807, 2.05) is 72.8 Å². The van der Waals surface area contributed by atoms with Crippen molar-refractivity contribution in [3.05, 3.63) is 54.1 Å². The molecule has 3 saturated heterocycles. The van der Waals surface area contributed by atoms with Crippen molar-refractivity contribution >= 4 is 90.1 Å². The van der Waals surface area contributed by atoms with Gasteiger partial charge in [0.2, 0.25) is 17.7 Å². The number of fused-ring (bicyclic) bond motifs is 12. The number of aromatic nitrogens is 3. The predicted molar refractivity (Wildman–Crippen MR) is 399 cm³/mol. The third-order valence-electron chi connectivity index (χ3n) is 19.3. The van der Waals surface area contributed by atoms with Crippen molar-refractivity contribution in [3.8, 4) is 22.5 Å². The summed E-state index contributed by atoms with van der Waals surface area (Å²) in [5, 5.41) is 52.1. The van der Waals surface area contributed by atoms with Gasteiger partial charge in [0.1, 0.15) is 29.1 Å². The number of aliphatic carboxylic acids is 4. The molecule has 1 aromatic heterocycles. The summed E-state index contributed by atoms with van der Waals surface area (Å²) in [5.41, 5.74) is 4.38. The number of hydrogen-bond donors (Lipinski definition) is 7. The highest BCUT2D eigenvalue weighted by Crippen LogP contribution is 2.45. The van der Waals surface area contributed by atoms with Crippen molar-refractivity contribution in [1.29, 1.82) is 0 Å². The maximum Gasteiger partial charge on any atom is 0.412 e. The van der Waals surface area contributed by atoms with Crippen LogP contribution in [-0.2, 0) is 118 Å². The van der Waals surface area contributed by atoms with Gasteiger partial charge in [0.15, 0.2) is 0 Å². The van der Waals surface area contributed by atoms with Crippen LogP contribution < -0.4 is 15.5 Å². The molecule has 3 fully saturated rings. The van der Waals surface area contributed by atoms with Gasteiger partial charge in [-0.25, -0.2) is 9.48 Å². The number of hydrogen-bond acceptors (Lipinski definition) is 28. The summed E-state index contributed by atoms with van der Waals surface area (Å²) in [4.78, 5) is 183. The molecule has 0 saturated carbocycles. The highest BCUT2D eigenvalue weighted by molar-refractivity contribution is 7.52. The minimum atomic E-state index is -4.49. The van der Waals surface area contributed by atoms with Crippen LogP contribution in [0.25, 0.3) is 22.5 Å². The standard InChI is InChI=1S/C75H107N10O27P/c86-56(15-10-37-105-40-42-107-44-45-108-43-41-106-39-26-57(87)14-3-1-2-4-19-63(89)77-61(74(101)102)23-21-58(88)46-53(72(97)98)13-9-38-109-113(103,104)52-55(73(99)100)20-25-66(92)93)22-24-65(91)84-47-54-12-5-6-16-59(54)71-70(60-17-7-8-18-62(60)84)78-79-85(71)28-11-27-76-64(90)48-80-29-31-81-33-35-83-36-34-82(32-30-80)50-68(95)111-75(110-67(94)49-81)112-69(96)51-83/h5-8,12,16-18,53,55,61,75H,1-4,9-11,13-15,19-52H2,(H,76,90)(H,77,89)(H,92,93)(H,97,98)(H,99,100)(H,101,102)(H,103,104)/t53-,55?,61-/m1/s1. The number of ether oxygens (including phenoxy) is 7. The Bertz CT molecular complexity index is 3690. The average Bonchev–Trinajstić information content (AvgIpc) is 1.68. The van der Waals surface area contributed by atoms with Gasteiger partial charge in [0.25, 0.3) is 0 Å². The van der Waals surface area contributed by atoms with E-state index in [0.29, 0.717) is 167 Å². The van der Waals surface area contributed by atoms with Crippen molar-refractivity contribution in [2.75, 3.05) is 156 Å². The molecule has 7 rings (SSSR count). The van der Waals surface area contributed by atoms with Gasteiger partial charge in [-0.3, -0.25) is 81.7 Å². The number of nitrogens with one attached hydrogen (secondary N) is 2. The first kappa shape index (κ1) is 91.3. The zero-order valence-electron chi connectivity index (χ0n) is 63.8. The number of carbonyl (C=O) groups excluding carboxylic acids is 9. The largest absolute Gasteiger partial charge is 0.481 e. The molecule has 6 atom stereocenters. The highest BCUT2D eigenvalue weighted by atomic mass is 31.2. The van der Waals surface area contributed by atoms with Gasteiger partial charge in [-0.05, 0) is 63.0 Å². The van der Waals surface area contributed by atoms with E-state index in [-0.39, 0.29) is 127 Å². The second-order valence-corrected chi connectivity index (χ2v) is 30.0. The molecule has 4 aliphatic rings. The number of para-hydroxylation sites is 1. The molecule has 37 nitrogen and oxygen atoms in total. The maximum atomic E-state index is 14.2. The van der Waals surface area contributed by atoms with Gasteiger partial charge in [0, 0.05) is 141 Å². The van der Waals surface area contributed by atoms with Crippen molar-refractivity contribution in [1.82, 2.24) is 45.2 Å². The normalized spacial score (nSPS) is 18.7. The fraction of sp³-hybridized carbons (Fsp3) is 0.640. The quantitative estimate of drug-likeness (QED) is 0.0242. The van der Waals surface area contributed by atoms with Crippen molar-refractivity contribution in [2.45, 2.75) is 148 Å². The summed E-state index contributed by atoms with van der Waals surface area (Å²) in [5.74, 6) is -11.9. The van der Waals surface area contributed by atoms with E-state index in [0.717, 1.165) is 16.8 Å². The summed E-state index contributed by atoms with van der Waals surface area (Å²) >= 11 is 0. The number of unbranched alkanes of at least 4 members (excludes halogenated alkanes) is 3. The molecular formula is C75H107N10O27P. The zero-order valence-corrected chi connectivity index (χ0v) is 64.7. The molecule has 3 amide bonds. The monoisotopic (exact) mass is 1610 g/mol. The first-order valence-electron chi connectivity index (χ1n) is 38.5. The summed E-state index contributed by atoms with van der Waals surface area (Å²) in [6.45, 7) is 4.33. The lowest BCUT2D eigenvalue weighted by molar-refractivity contribution is -0.258. The Hall–Kier alpha value is -8.88. The number of carbonyl (C=O) groups is 13. The number of carboxylic acids is 4. The molecule has 0 radical (unpaired) electrons. The second kappa shape index (κ2) is 49.0. The molecule has 38 heteroatoms. The van der Waals surface area contributed by atoms with Crippen LogP contribution in [0.2, 0.25) is 0 Å². The van der Waals surface area contributed by atoms with Crippen molar-refractivity contribution in [2.24, 2.45) is 11.8 Å². The number of Topliss-reactive ketones (excluding diaryl/α,β-unsaturated/α-hetero) is 3. The van der Waals surface area contributed by atoms with Crippen LogP contribution in [0.1, 0.15) is 128 Å². The van der Waals surface area contributed by atoms with Crippen LogP contribution in [0.5, 0.6) is 0 Å². The van der Waals surface area contributed by atoms with Crippen molar-refractivity contribution in [3.63, 3.8) is 0 Å². The lowest BCUT2D eigenvalue weighted by Gasteiger charge is -2.33. The molecule has 4 aliphatic heterocycles. The van der Waals surface area contributed by atoms with Gasteiger partial charge < -0.3 is 78.5 Å². The predicted octanol–water partition coefficient (Wildman–Crippen LogP) is 3.18. The maximum absolute atomic E-state index is 14.2. The molecule has 624 valence electrons. The third-order valence-corrected chi connectivity index (χ3v) is 20.8. The fourth-order valence-corrected chi connectivity index (χ4v) is 14.5. The van der Waals surface area contributed by atoms with E-state index >= 15 is 0 Å². The van der Waals surface area contributed by atoms with E-state index in [2.05, 4.69) is 20.9 Å². The zero-order chi connectivity index (χ0) is 81.5. The number of benzene rings is 2. The molecule has 2 aromatic carbocycles. The molecule has 7 N–H and O–H groups in total. The van der Waals surface area contributed by atoms with Crippen LogP contribution in [0.15, 0.2) is 48.5 Å². The number of nitrogens with zero attached hydrogens (tertiary/aromatic N) is 8. The summed E-state index contributed by atoms with van der Waals surface area (Å²) in [6, 6.07) is 13.8. The Morgan fingerprint density at radius 1 is 0.522 bits per heavy atom. The molecule has 3 aromatic rings. The van der Waals surface area contributed by atoms with Crippen LogP contribution in [-0.4, -0.2) is 300 Å². The van der Waals surface area contributed by atoms with Gasteiger partial charge >= 0.3 is 55.9 Å². The summed E-state index contributed by atoms with van der Waals surface area (Å²) < 4.78 is 57.3. The molecule has 0 spiro atoms. The molecule has 113 heavy (non-hydrogen) atoms.